The van der Waals surface area contributed by atoms with Gasteiger partial charge in [0.1, 0.15) is 5.75 Å². The van der Waals surface area contributed by atoms with Gasteiger partial charge in [-0.25, -0.2) is 18.4 Å². The Hall–Kier alpha value is -3.73. The maximum Gasteiger partial charge on any atom is 0.263 e. The van der Waals surface area contributed by atoms with Crippen LogP contribution in [0.1, 0.15) is 24.0 Å². The van der Waals surface area contributed by atoms with Crippen LogP contribution in [0.15, 0.2) is 71.6 Å². The predicted octanol–water partition coefficient (Wildman–Crippen LogP) is 5.21. The minimum atomic E-state index is -3.93. The summed E-state index contributed by atoms with van der Waals surface area (Å²) in [6.07, 6.45) is 2.76. The van der Waals surface area contributed by atoms with E-state index in [-0.39, 0.29) is 10.7 Å². The summed E-state index contributed by atoms with van der Waals surface area (Å²) in [5.41, 5.74) is 4.06. The number of ether oxygens (including phenoxy) is 2. The molecule has 0 aliphatic carbocycles. The molecule has 4 aromatic rings. The van der Waals surface area contributed by atoms with E-state index < -0.39 is 10.0 Å². The molecule has 40 heavy (non-hydrogen) atoms. The summed E-state index contributed by atoms with van der Waals surface area (Å²) in [4.78, 5) is 11.6. The van der Waals surface area contributed by atoms with Gasteiger partial charge in [0, 0.05) is 31.0 Å². The number of hydrogen-bond acceptors (Lipinski definition) is 8. The highest BCUT2D eigenvalue weighted by Gasteiger charge is 2.22. The van der Waals surface area contributed by atoms with E-state index in [9.17, 15) is 8.42 Å². The quantitative estimate of drug-likeness (QED) is 0.272. The van der Waals surface area contributed by atoms with Gasteiger partial charge in [0.2, 0.25) is 0 Å². The van der Waals surface area contributed by atoms with E-state index in [4.69, 9.17) is 14.5 Å². The number of para-hydroxylation sites is 2. The Kier molecular flexibility index (Phi) is 8.49. The minimum Gasteiger partial charge on any atom is -0.496 e. The maximum absolute atomic E-state index is 13.5. The zero-order valence-electron chi connectivity index (χ0n) is 23.1. The van der Waals surface area contributed by atoms with Crippen LogP contribution in [-0.2, 0) is 27.7 Å². The van der Waals surface area contributed by atoms with Crippen molar-refractivity contribution in [1.82, 2.24) is 14.9 Å². The van der Waals surface area contributed by atoms with E-state index in [1.807, 2.05) is 73.6 Å². The summed E-state index contributed by atoms with van der Waals surface area (Å²) in [6.45, 7) is 2.22. The summed E-state index contributed by atoms with van der Waals surface area (Å²) < 4.78 is 40.9. The SMILES string of the molecule is COc1cccc(Nc2nc3ccccc3nc2NS(=O)(=O)c2ccc(CN(C)C)cc2)c1CC1CCOCC1. The van der Waals surface area contributed by atoms with Gasteiger partial charge in [0.25, 0.3) is 10.0 Å². The molecule has 0 amide bonds. The van der Waals surface area contributed by atoms with Crippen LogP contribution in [0.4, 0.5) is 17.3 Å². The molecule has 1 aromatic heterocycles. The molecule has 10 heteroatoms. The molecule has 5 rings (SSSR count). The zero-order chi connectivity index (χ0) is 28.1. The van der Waals surface area contributed by atoms with Gasteiger partial charge >= 0.3 is 0 Å². The van der Waals surface area contributed by atoms with Gasteiger partial charge in [-0.3, -0.25) is 4.72 Å². The number of sulfonamides is 1. The lowest BCUT2D eigenvalue weighted by atomic mass is 9.91. The van der Waals surface area contributed by atoms with Gasteiger partial charge in [-0.05, 0) is 81.2 Å². The first-order valence-electron chi connectivity index (χ1n) is 13.4. The highest BCUT2D eigenvalue weighted by Crippen LogP contribution is 2.35. The molecular weight excluding hydrogens is 526 g/mol. The Bertz CT molecular complexity index is 1570. The van der Waals surface area contributed by atoms with Crippen molar-refractivity contribution in [3.63, 3.8) is 0 Å². The Labute approximate surface area is 235 Å². The van der Waals surface area contributed by atoms with E-state index in [0.717, 1.165) is 55.0 Å². The first kappa shape index (κ1) is 27.8. The third-order valence-corrected chi connectivity index (χ3v) is 8.33. The highest BCUT2D eigenvalue weighted by atomic mass is 32.2. The van der Waals surface area contributed by atoms with Gasteiger partial charge < -0.3 is 19.7 Å². The molecule has 1 saturated heterocycles. The van der Waals surface area contributed by atoms with Crippen molar-refractivity contribution in [2.45, 2.75) is 30.7 Å². The van der Waals surface area contributed by atoms with E-state index in [2.05, 4.69) is 15.0 Å². The summed E-state index contributed by atoms with van der Waals surface area (Å²) >= 11 is 0. The average Bonchev–Trinajstić information content (AvgIpc) is 2.94. The molecule has 2 N–H and O–H groups in total. The highest BCUT2D eigenvalue weighted by molar-refractivity contribution is 7.92. The second-order valence-electron chi connectivity index (χ2n) is 10.3. The number of nitrogens with one attached hydrogen (secondary N) is 2. The van der Waals surface area contributed by atoms with Crippen LogP contribution >= 0.6 is 0 Å². The van der Waals surface area contributed by atoms with Gasteiger partial charge in [-0.1, -0.05) is 30.3 Å². The lowest BCUT2D eigenvalue weighted by Gasteiger charge is -2.24. The second-order valence-corrected chi connectivity index (χ2v) is 12.0. The monoisotopic (exact) mass is 561 g/mol. The van der Waals surface area contributed by atoms with Crippen LogP contribution in [-0.4, -0.2) is 57.7 Å². The fraction of sp³-hybridized carbons (Fsp3) is 0.333. The van der Waals surface area contributed by atoms with Gasteiger partial charge in [0.05, 0.1) is 23.0 Å². The summed E-state index contributed by atoms with van der Waals surface area (Å²) in [6, 6.07) is 20.0. The van der Waals surface area contributed by atoms with Gasteiger partial charge in [0.15, 0.2) is 11.6 Å². The molecule has 1 aliphatic heterocycles. The fourth-order valence-electron chi connectivity index (χ4n) is 4.94. The van der Waals surface area contributed by atoms with Crippen molar-refractivity contribution in [2.75, 3.05) is 44.5 Å². The smallest absolute Gasteiger partial charge is 0.263 e. The molecule has 210 valence electrons. The summed E-state index contributed by atoms with van der Waals surface area (Å²) in [5.74, 6) is 1.66. The number of methoxy groups -OCH3 is 1. The molecule has 0 unspecified atom stereocenters. The molecule has 0 saturated carbocycles. The number of aromatic nitrogens is 2. The largest absolute Gasteiger partial charge is 0.496 e. The van der Waals surface area contributed by atoms with Crippen LogP contribution in [0, 0.1) is 5.92 Å². The Morgan fingerprint density at radius 1 is 0.925 bits per heavy atom. The van der Waals surface area contributed by atoms with Crippen molar-refractivity contribution in [2.24, 2.45) is 5.92 Å². The van der Waals surface area contributed by atoms with Crippen molar-refractivity contribution >= 4 is 38.4 Å². The second kappa shape index (κ2) is 12.2. The van der Waals surface area contributed by atoms with Crippen LogP contribution in [0.3, 0.4) is 0 Å². The van der Waals surface area contributed by atoms with Crippen molar-refractivity contribution in [1.29, 1.82) is 0 Å². The standard InChI is InChI=1S/C30H35N5O4S/c1-35(2)20-22-11-13-23(14-12-22)40(36,37)34-30-29(32-26-7-4-5-8-27(26)33-30)31-25-9-6-10-28(38-3)24(25)19-21-15-17-39-18-16-21/h4-14,21H,15-20H2,1-3H3,(H,31,32)(H,33,34). The Balaban J connectivity index is 1.50. The lowest BCUT2D eigenvalue weighted by molar-refractivity contribution is 0.0664. The molecule has 0 atom stereocenters. The van der Waals surface area contributed by atoms with E-state index >= 15 is 0 Å². The molecule has 0 radical (unpaired) electrons. The van der Waals surface area contributed by atoms with Crippen LogP contribution in [0.2, 0.25) is 0 Å². The Morgan fingerprint density at radius 2 is 1.60 bits per heavy atom. The number of anilines is 3. The third kappa shape index (κ3) is 6.52. The van der Waals surface area contributed by atoms with Crippen LogP contribution < -0.4 is 14.8 Å². The van der Waals surface area contributed by atoms with Crippen LogP contribution in [0.25, 0.3) is 11.0 Å². The summed E-state index contributed by atoms with van der Waals surface area (Å²) in [5, 5.41) is 3.39. The van der Waals surface area contributed by atoms with Gasteiger partial charge in [-0.2, -0.15) is 0 Å². The van der Waals surface area contributed by atoms with E-state index in [1.54, 1.807) is 19.2 Å². The molecular formula is C30H35N5O4S. The normalized spacial score (nSPS) is 14.4. The molecule has 0 bridgehead atoms. The number of benzene rings is 3. The Morgan fingerprint density at radius 3 is 2.25 bits per heavy atom. The van der Waals surface area contributed by atoms with E-state index in [0.29, 0.717) is 29.3 Å². The molecule has 1 fully saturated rings. The third-order valence-electron chi connectivity index (χ3n) is 6.97. The summed E-state index contributed by atoms with van der Waals surface area (Å²) in [7, 11) is 1.66. The molecule has 0 spiro atoms. The zero-order valence-corrected chi connectivity index (χ0v) is 23.9. The van der Waals surface area contributed by atoms with Crippen molar-refractivity contribution < 1.29 is 17.9 Å². The first-order valence-corrected chi connectivity index (χ1v) is 14.8. The number of rotatable bonds is 10. The van der Waals surface area contributed by atoms with Gasteiger partial charge in [-0.15, -0.1) is 0 Å². The van der Waals surface area contributed by atoms with Crippen molar-refractivity contribution in [3.05, 3.63) is 77.9 Å². The molecule has 9 nitrogen and oxygen atoms in total. The average molecular weight is 562 g/mol. The number of nitrogens with zero attached hydrogens (tertiary/aromatic N) is 3. The minimum absolute atomic E-state index is 0.121. The predicted molar refractivity (Wildman–Crippen MR) is 158 cm³/mol. The molecule has 2 heterocycles. The topological polar surface area (TPSA) is 106 Å². The van der Waals surface area contributed by atoms with E-state index in [1.165, 1.54) is 0 Å². The number of fused-ring (bicyclic) bond motifs is 1. The molecule has 3 aromatic carbocycles. The lowest BCUT2D eigenvalue weighted by Crippen LogP contribution is -2.19. The number of hydrogen-bond donors (Lipinski definition) is 2. The molecule has 1 aliphatic rings. The fourth-order valence-corrected chi connectivity index (χ4v) is 5.94. The first-order chi connectivity index (χ1) is 19.3. The van der Waals surface area contributed by atoms with Crippen molar-refractivity contribution in [3.8, 4) is 5.75 Å². The van der Waals surface area contributed by atoms with Crippen LogP contribution in [0.5, 0.6) is 5.75 Å². The maximum atomic E-state index is 13.5.